The third-order valence-electron chi connectivity index (χ3n) is 4.95. The van der Waals surface area contributed by atoms with Crippen LogP contribution in [0.5, 0.6) is 0 Å². The maximum Gasteiger partial charge on any atom is 0.270 e. The molecule has 1 aliphatic heterocycles. The number of para-hydroxylation sites is 1. The smallest absolute Gasteiger partial charge is 0.268 e. The van der Waals surface area contributed by atoms with E-state index < -0.39 is 39.0 Å². The number of primary sulfonamides is 1. The molecule has 1 heterocycles. The van der Waals surface area contributed by atoms with Crippen LogP contribution in [0.4, 0.5) is 20.2 Å². The number of sulfonamides is 1. The molecule has 1 fully saturated rings. The van der Waals surface area contributed by atoms with E-state index in [9.17, 15) is 26.8 Å². The van der Waals surface area contributed by atoms with E-state index in [4.69, 9.17) is 17.4 Å². The summed E-state index contributed by atoms with van der Waals surface area (Å²) in [4.78, 5) is 28.6. The predicted molar refractivity (Wildman–Crippen MR) is 126 cm³/mol. The quantitative estimate of drug-likeness (QED) is 0.337. The van der Waals surface area contributed by atoms with Crippen LogP contribution in [0.15, 0.2) is 83.3 Å². The first kappa shape index (κ1) is 23.4. The van der Waals surface area contributed by atoms with Gasteiger partial charge in [0.15, 0.2) is 5.11 Å². The molecule has 34 heavy (non-hydrogen) atoms. The number of hydrogen-bond donors (Lipinski definition) is 1. The van der Waals surface area contributed by atoms with Crippen molar-refractivity contribution in [3.8, 4) is 0 Å². The first-order valence-electron chi connectivity index (χ1n) is 9.65. The average molecular weight is 500 g/mol. The van der Waals surface area contributed by atoms with Crippen molar-refractivity contribution in [1.82, 2.24) is 0 Å². The van der Waals surface area contributed by atoms with Gasteiger partial charge in [0.1, 0.15) is 17.2 Å². The Morgan fingerprint density at radius 1 is 0.824 bits per heavy atom. The van der Waals surface area contributed by atoms with Crippen LogP contribution in [-0.2, 0) is 19.6 Å². The predicted octanol–water partition coefficient (Wildman–Crippen LogP) is 3.36. The van der Waals surface area contributed by atoms with Crippen molar-refractivity contribution in [3.05, 3.63) is 95.6 Å². The van der Waals surface area contributed by atoms with Crippen LogP contribution in [0.25, 0.3) is 6.08 Å². The SMILES string of the molecule is NS(=O)(=O)c1ccc(N2C(=O)/C(=C\c3ccc(F)cc3F)C(=O)N(c3ccccc3)C2=S)cc1. The number of carbonyl (C=O) groups is 2. The topological polar surface area (TPSA) is 101 Å². The van der Waals surface area contributed by atoms with E-state index in [1.165, 1.54) is 24.3 Å². The lowest BCUT2D eigenvalue weighted by molar-refractivity contribution is -0.120. The van der Waals surface area contributed by atoms with E-state index in [-0.39, 0.29) is 21.3 Å². The summed E-state index contributed by atoms with van der Waals surface area (Å²) in [6, 6.07) is 16.0. The number of halogens is 2. The molecule has 0 saturated carbocycles. The Bertz CT molecular complexity index is 1460. The molecule has 3 aromatic rings. The maximum absolute atomic E-state index is 14.3. The Morgan fingerprint density at radius 2 is 1.38 bits per heavy atom. The number of hydrogen-bond acceptors (Lipinski definition) is 5. The van der Waals surface area contributed by atoms with Crippen molar-refractivity contribution in [1.29, 1.82) is 0 Å². The summed E-state index contributed by atoms with van der Waals surface area (Å²) < 4.78 is 50.8. The molecule has 172 valence electrons. The summed E-state index contributed by atoms with van der Waals surface area (Å²) in [5, 5.41) is 4.94. The van der Waals surface area contributed by atoms with Crippen molar-refractivity contribution in [2.75, 3.05) is 9.80 Å². The molecular weight excluding hydrogens is 484 g/mol. The van der Waals surface area contributed by atoms with Crippen LogP contribution >= 0.6 is 12.2 Å². The van der Waals surface area contributed by atoms with Gasteiger partial charge < -0.3 is 0 Å². The first-order valence-corrected chi connectivity index (χ1v) is 11.6. The van der Waals surface area contributed by atoms with Gasteiger partial charge in [-0.25, -0.2) is 22.3 Å². The fourth-order valence-corrected chi connectivity index (χ4v) is 4.21. The number of nitrogens with zero attached hydrogens (tertiary/aromatic N) is 2. The second kappa shape index (κ2) is 8.86. The Kier molecular flexibility index (Phi) is 6.09. The number of thiocarbonyl (C=S) groups is 1. The molecule has 3 aromatic carbocycles. The number of anilines is 2. The summed E-state index contributed by atoms with van der Waals surface area (Å²) in [5.41, 5.74) is -0.107. The second-order valence-electron chi connectivity index (χ2n) is 7.16. The monoisotopic (exact) mass is 499 g/mol. The molecule has 2 N–H and O–H groups in total. The van der Waals surface area contributed by atoms with E-state index in [2.05, 4.69) is 0 Å². The number of carbonyl (C=O) groups excluding carboxylic acids is 2. The zero-order chi connectivity index (χ0) is 24.6. The van der Waals surface area contributed by atoms with Gasteiger partial charge in [-0.05, 0) is 66.8 Å². The molecule has 0 spiro atoms. The summed E-state index contributed by atoms with van der Waals surface area (Å²) in [6.45, 7) is 0. The molecule has 0 radical (unpaired) electrons. The zero-order valence-corrected chi connectivity index (χ0v) is 18.8. The first-order chi connectivity index (χ1) is 16.1. The summed E-state index contributed by atoms with van der Waals surface area (Å²) in [7, 11) is -3.98. The standard InChI is InChI=1S/C23H15F2N3O4S2/c24-15-7-6-14(20(25)13-15)12-19-21(29)27(16-4-2-1-3-5-16)23(33)28(22(19)30)17-8-10-18(11-9-17)34(26,31)32/h1-13H,(H2,26,31,32)/b19-12-. The van der Waals surface area contributed by atoms with Crippen molar-refractivity contribution in [3.63, 3.8) is 0 Å². The Balaban J connectivity index is 1.87. The molecule has 1 aliphatic rings. The summed E-state index contributed by atoms with van der Waals surface area (Å²) in [6.07, 6.45) is 1.02. The number of nitrogens with two attached hydrogens (primary N) is 1. The van der Waals surface area contributed by atoms with Gasteiger partial charge in [-0.15, -0.1) is 0 Å². The molecule has 0 bridgehead atoms. The number of amides is 2. The van der Waals surface area contributed by atoms with Crippen LogP contribution in [-0.4, -0.2) is 25.3 Å². The minimum Gasteiger partial charge on any atom is -0.268 e. The van der Waals surface area contributed by atoms with Gasteiger partial charge >= 0.3 is 0 Å². The number of benzene rings is 3. The molecule has 2 amide bonds. The molecule has 1 saturated heterocycles. The summed E-state index contributed by atoms with van der Waals surface area (Å²) in [5.74, 6) is -3.45. The van der Waals surface area contributed by atoms with Crippen LogP contribution in [0.1, 0.15) is 5.56 Å². The lowest BCUT2D eigenvalue weighted by Gasteiger charge is -2.36. The highest BCUT2D eigenvalue weighted by molar-refractivity contribution is 7.89. The van der Waals surface area contributed by atoms with Crippen LogP contribution in [0.2, 0.25) is 0 Å². The highest BCUT2D eigenvalue weighted by Gasteiger charge is 2.41. The van der Waals surface area contributed by atoms with Crippen LogP contribution in [0.3, 0.4) is 0 Å². The second-order valence-corrected chi connectivity index (χ2v) is 9.09. The minimum atomic E-state index is -3.98. The molecular formula is C23H15F2N3O4S2. The maximum atomic E-state index is 14.3. The van der Waals surface area contributed by atoms with Gasteiger partial charge in [-0.2, -0.15) is 0 Å². The molecule has 7 nitrogen and oxygen atoms in total. The molecule has 0 atom stereocenters. The zero-order valence-electron chi connectivity index (χ0n) is 17.2. The largest absolute Gasteiger partial charge is 0.270 e. The van der Waals surface area contributed by atoms with Gasteiger partial charge in [0.05, 0.1) is 16.3 Å². The van der Waals surface area contributed by atoms with Gasteiger partial charge in [0, 0.05) is 11.6 Å². The minimum absolute atomic E-state index is 0.154. The van der Waals surface area contributed by atoms with Crippen molar-refractivity contribution >= 4 is 56.6 Å². The molecule has 0 unspecified atom stereocenters. The van der Waals surface area contributed by atoms with Gasteiger partial charge in [-0.1, -0.05) is 18.2 Å². The third-order valence-corrected chi connectivity index (χ3v) is 6.24. The average Bonchev–Trinajstić information content (AvgIpc) is 2.78. The fraction of sp³-hybridized carbons (Fsp3) is 0. The Labute approximate surface area is 198 Å². The van der Waals surface area contributed by atoms with Crippen molar-refractivity contribution < 1.29 is 26.8 Å². The van der Waals surface area contributed by atoms with Gasteiger partial charge in [0.2, 0.25) is 10.0 Å². The van der Waals surface area contributed by atoms with E-state index in [0.717, 1.165) is 28.0 Å². The molecule has 0 aromatic heterocycles. The van der Waals surface area contributed by atoms with Gasteiger partial charge in [-0.3, -0.25) is 19.4 Å². The van der Waals surface area contributed by atoms with E-state index in [1.54, 1.807) is 30.3 Å². The Hall–Kier alpha value is -3.80. The van der Waals surface area contributed by atoms with E-state index in [1.807, 2.05) is 0 Å². The van der Waals surface area contributed by atoms with E-state index >= 15 is 0 Å². The van der Waals surface area contributed by atoms with Crippen LogP contribution in [0, 0.1) is 11.6 Å². The molecule has 0 aliphatic carbocycles. The van der Waals surface area contributed by atoms with Gasteiger partial charge in [0.25, 0.3) is 11.8 Å². The molecule has 11 heteroatoms. The van der Waals surface area contributed by atoms with Crippen LogP contribution < -0.4 is 14.9 Å². The van der Waals surface area contributed by atoms with E-state index in [0.29, 0.717) is 11.8 Å². The highest BCUT2D eigenvalue weighted by atomic mass is 32.2. The normalized spacial score (nSPS) is 15.9. The third kappa shape index (κ3) is 4.36. The summed E-state index contributed by atoms with van der Waals surface area (Å²) >= 11 is 5.45. The Morgan fingerprint density at radius 3 is 1.91 bits per heavy atom. The van der Waals surface area contributed by atoms with Crippen molar-refractivity contribution in [2.45, 2.75) is 4.90 Å². The van der Waals surface area contributed by atoms with Crippen molar-refractivity contribution in [2.24, 2.45) is 5.14 Å². The lowest BCUT2D eigenvalue weighted by Crippen LogP contribution is -2.56. The lowest BCUT2D eigenvalue weighted by atomic mass is 10.0. The fourth-order valence-electron chi connectivity index (χ4n) is 3.32. The number of rotatable bonds is 4. The highest BCUT2D eigenvalue weighted by Crippen LogP contribution is 2.30. The molecule has 4 rings (SSSR count).